The average Bonchev–Trinajstić information content (AvgIpc) is 3.04. The summed E-state index contributed by atoms with van der Waals surface area (Å²) in [5.41, 5.74) is 3.71. The summed E-state index contributed by atoms with van der Waals surface area (Å²) in [5.74, 6) is 0.337. The zero-order valence-corrected chi connectivity index (χ0v) is 17.8. The highest BCUT2D eigenvalue weighted by molar-refractivity contribution is 5.83. The third-order valence-electron chi connectivity index (χ3n) is 6.33. The lowest BCUT2D eigenvalue weighted by Crippen LogP contribution is -2.26. The van der Waals surface area contributed by atoms with Crippen molar-refractivity contribution < 1.29 is 13.2 Å². The Balaban J connectivity index is 1.73. The van der Waals surface area contributed by atoms with Gasteiger partial charge < -0.3 is 4.90 Å². The van der Waals surface area contributed by atoms with Crippen LogP contribution in [-0.4, -0.2) is 40.2 Å². The number of nitrogens with zero attached hydrogens (tertiary/aromatic N) is 3. The van der Waals surface area contributed by atoms with Crippen molar-refractivity contribution in [2.24, 2.45) is 0 Å². The first-order chi connectivity index (χ1) is 14.8. The quantitative estimate of drug-likeness (QED) is 0.508. The van der Waals surface area contributed by atoms with Crippen LogP contribution < -0.4 is 0 Å². The Kier molecular flexibility index (Phi) is 6.14. The van der Waals surface area contributed by atoms with Gasteiger partial charge >= 0.3 is 6.18 Å². The first-order valence-corrected chi connectivity index (χ1v) is 10.7. The lowest BCUT2D eigenvalue weighted by Gasteiger charge is -2.22. The molecule has 3 aromatic rings. The molecule has 1 N–H and O–H groups in total. The summed E-state index contributed by atoms with van der Waals surface area (Å²) in [6, 6.07) is 9.68. The number of alkyl halides is 3. The maximum absolute atomic E-state index is 13.0. The second kappa shape index (κ2) is 8.83. The number of hydrogen-bond acceptors (Lipinski definition) is 3. The van der Waals surface area contributed by atoms with Gasteiger partial charge in [0.15, 0.2) is 0 Å². The maximum atomic E-state index is 13.0. The Labute approximate surface area is 180 Å². The van der Waals surface area contributed by atoms with Gasteiger partial charge in [0, 0.05) is 41.2 Å². The summed E-state index contributed by atoms with van der Waals surface area (Å²) in [6.45, 7) is 0. The van der Waals surface area contributed by atoms with Crippen LogP contribution in [0.1, 0.15) is 49.3 Å². The minimum Gasteiger partial charge on any atom is -0.306 e. The van der Waals surface area contributed by atoms with E-state index >= 15 is 0 Å². The molecule has 1 aliphatic rings. The average molecular weight is 429 g/mol. The Bertz CT molecular complexity index is 994. The van der Waals surface area contributed by atoms with Crippen LogP contribution in [0.25, 0.3) is 22.4 Å². The summed E-state index contributed by atoms with van der Waals surface area (Å²) in [5, 5.41) is 7.83. The van der Waals surface area contributed by atoms with Crippen LogP contribution in [0.5, 0.6) is 0 Å². The lowest BCUT2D eigenvalue weighted by molar-refractivity contribution is -0.137. The van der Waals surface area contributed by atoms with E-state index in [1.807, 2.05) is 12.1 Å². The molecule has 31 heavy (non-hydrogen) atoms. The van der Waals surface area contributed by atoms with E-state index in [1.54, 1.807) is 12.4 Å². The van der Waals surface area contributed by atoms with E-state index in [-0.39, 0.29) is 0 Å². The molecule has 2 heterocycles. The van der Waals surface area contributed by atoms with Crippen molar-refractivity contribution in [3.05, 3.63) is 60.0 Å². The third kappa shape index (κ3) is 4.66. The molecule has 164 valence electrons. The van der Waals surface area contributed by atoms with E-state index in [9.17, 15) is 13.2 Å². The van der Waals surface area contributed by atoms with E-state index in [4.69, 9.17) is 0 Å². The van der Waals surface area contributed by atoms with Gasteiger partial charge in [-0.05, 0) is 69.6 Å². The Morgan fingerprint density at radius 3 is 2.26 bits per heavy atom. The van der Waals surface area contributed by atoms with Crippen molar-refractivity contribution in [1.29, 1.82) is 0 Å². The van der Waals surface area contributed by atoms with Crippen LogP contribution in [-0.2, 0) is 6.18 Å². The minimum atomic E-state index is -4.35. The van der Waals surface area contributed by atoms with E-state index < -0.39 is 11.7 Å². The number of aromatic nitrogens is 3. The molecular formula is C24H27F3N4. The number of hydrogen-bond donors (Lipinski definition) is 1. The molecule has 0 bridgehead atoms. The van der Waals surface area contributed by atoms with Crippen molar-refractivity contribution in [2.45, 2.75) is 50.2 Å². The molecule has 2 aromatic heterocycles. The lowest BCUT2D eigenvalue weighted by atomic mass is 9.89. The van der Waals surface area contributed by atoms with Gasteiger partial charge in [-0.15, -0.1) is 0 Å². The highest BCUT2D eigenvalue weighted by atomic mass is 19.4. The summed E-state index contributed by atoms with van der Waals surface area (Å²) >= 11 is 0. The minimum absolute atomic E-state index is 0.337. The second-order valence-electron chi connectivity index (χ2n) is 8.49. The zero-order valence-electron chi connectivity index (χ0n) is 17.8. The zero-order chi connectivity index (χ0) is 22.0. The maximum Gasteiger partial charge on any atom is 0.416 e. The number of aromatic amines is 1. The number of rotatable bonds is 4. The van der Waals surface area contributed by atoms with Gasteiger partial charge in [0.1, 0.15) is 5.69 Å². The van der Waals surface area contributed by atoms with Gasteiger partial charge in [0.25, 0.3) is 0 Å². The first kappa shape index (κ1) is 21.6. The molecule has 4 rings (SSSR count). The fourth-order valence-corrected chi connectivity index (χ4v) is 4.57. The molecule has 0 amide bonds. The van der Waals surface area contributed by atoms with Crippen LogP contribution in [0.3, 0.4) is 0 Å². The number of halogens is 3. The summed E-state index contributed by atoms with van der Waals surface area (Å²) in [6.07, 6.45) is 4.66. The molecule has 0 radical (unpaired) electrons. The van der Waals surface area contributed by atoms with Crippen LogP contribution in [0, 0.1) is 0 Å². The molecule has 1 aromatic carbocycles. The summed E-state index contributed by atoms with van der Waals surface area (Å²) < 4.78 is 39.0. The topological polar surface area (TPSA) is 44.8 Å². The Morgan fingerprint density at radius 1 is 0.903 bits per heavy atom. The third-order valence-corrected chi connectivity index (χ3v) is 6.33. The predicted molar refractivity (Wildman–Crippen MR) is 116 cm³/mol. The normalized spacial score (nSPS) is 20.1. The Hall–Kier alpha value is -2.67. The highest BCUT2D eigenvalue weighted by Crippen LogP contribution is 2.41. The molecule has 1 saturated carbocycles. The van der Waals surface area contributed by atoms with E-state index in [2.05, 4.69) is 34.2 Å². The summed E-state index contributed by atoms with van der Waals surface area (Å²) in [7, 11) is 4.26. The van der Waals surface area contributed by atoms with Gasteiger partial charge in [-0.2, -0.15) is 18.3 Å². The van der Waals surface area contributed by atoms with Crippen molar-refractivity contribution >= 4 is 0 Å². The molecule has 2 unspecified atom stereocenters. The SMILES string of the molecule is CN(C)C1CCCC(c2[nH]nc(-c3ccc(C(F)(F)F)cc3)c2-c2ccncc2)CC1. The highest BCUT2D eigenvalue weighted by Gasteiger charge is 2.31. The number of nitrogens with one attached hydrogen (secondary N) is 1. The largest absolute Gasteiger partial charge is 0.416 e. The number of benzene rings is 1. The first-order valence-electron chi connectivity index (χ1n) is 10.7. The van der Waals surface area contributed by atoms with E-state index in [0.29, 0.717) is 23.2 Å². The van der Waals surface area contributed by atoms with Crippen LogP contribution >= 0.6 is 0 Å². The predicted octanol–water partition coefficient (Wildman–Crippen LogP) is 6.14. The van der Waals surface area contributed by atoms with Crippen molar-refractivity contribution in [2.75, 3.05) is 14.1 Å². The fourth-order valence-electron chi connectivity index (χ4n) is 4.57. The van der Waals surface area contributed by atoms with Crippen LogP contribution in [0.2, 0.25) is 0 Å². The monoisotopic (exact) mass is 428 g/mol. The molecule has 1 fully saturated rings. The van der Waals surface area contributed by atoms with Crippen molar-refractivity contribution in [3.63, 3.8) is 0 Å². The molecule has 4 nitrogen and oxygen atoms in total. The van der Waals surface area contributed by atoms with Gasteiger partial charge in [-0.25, -0.2) is 0 Å². The standard InChI is InChI=1S/C24H27F3N4/c1-31(2)20-5-3-4-17(8-11-20)22-21(16-12-14-28-15-13-16)23(30-29-22)18-6-9-19(10-7-18)24(25,26)27/h6-7,9-10,12-15,17,20H,3-5,8,11H2,1-2H3,(H,29,30). The molecular weight excluding hydrogens is 401 g/mol. The van der Waals surface area contributed by atoms with E-state index in [1.165, 1.54) is 18.6 Å². The van der Waals surface area contributed by atoms with Crippen molar-refractivity contribution in [3.8, 4) is 22.4 Å². The molecule has 1 aliphatic carbocycles. The Morgan fingerprint density at radius 2 is 1.61 bits per heavy atom. The molecule has 0 saturated heterocycles. The van der Waals surface area contributed by atoms with E-state index in [0.717, 1.165) is 54.6 Å². The fraction of sp³-hybridized carbons (Fsp3) is 0.417. The molecule has 0 aliphatic heterocycles. The van der Waals surface area contributed by atoms with Gasteiger partial charge in [-0.3, -0.25) is 10.1 Å². The van der Waals surface area contributed by atoms with Gasteiger partial charge in [0.05, 0.1) is 5.56 Å². The van der Waals surface area contributed by atoms with Gasteiger partial charge in [-0.1, -0.05) is 18.6 Å². The smallest absolute Gasteiger partial charge is 0.306 e. The molecule has 7 heteroatoms. The number of pyridine rings is 1. The van der Waals surface area contributed by atoms with Crippen LogP contribution in [0.15, 0.2) is 48.8 Å². The molecule has 0 spiro atoms. The number of H-pyrrole nitrogens is 1. The molecule has 2 atom stereocenters. The van der Waals surface area contributed by atoms with Crippen LogP contribution in [0.4, 0.5) is 13.2 Å². The van der Waals surface area contributed by atoms with Crippen molar-refractivity contribution in [1.82, 2.24) is 20.1 Å². The summed E-state index contributed by atoms with van der Waals surface area (Å²) in [4.78, 5) is 6.42. The van der Waals surface area contributed by atoms with Gasteiger partial charge in [0.2, 0.25) is 0 Å². The second-order valence-corrected chi connectivity index (χ2v) is 8.49.